The lowest BCUT2D eigenvalue weighted by atomic mass is 10.1. The lowest BCUT2D eigenvalue weighted by Gasteiger charge is -2.27. The first-order valence-corrected chi connectivity index (χ1v) is 7.88. The average molecular weight is 290 g/mol. The zero-order chi connectivity index (χ0) is 13.9. The standard InChI is InChI=1S/C16H19FN2S/c1-18-10-14-15(17)5-2-6-16(14)19(12-7-8-12)11-13-4-3-9-20-13/h2-6,9,12,18H,7-8,10-11H2,1H3. The molecule has 0 bridgehead atoms. The van der Waals surface area contributed by atoms with Crippen LogP contribution < -0.4 is 10.2 Å². The molecule has 1 heterocycles. The molecule has 1 aliphatic rings. The molecule has 0 saturated heterocycles. The van der Waals surface area contributed by atoms with Crippen LogP contribution in [0.4, 0.5) is 10.1 Å². The van der Waals surface area contributed by atoms with Crippen molar-refractivity contribution in [2.24, 2.45) is 0 Å². The molecule has 4 heteroatoms. The monoisotopic (exact) mass is 290 g/mol. The quantitative estimate of drug-likeness (QED) is 0.871. The van der Waals surface area contributed by atoms with E-state index < -0.39 is 0 Å². The molecule has 1 aliphatic carbocycles. The summed E-state index contributed by atoms with van der Waals surface area (Å²) in [4.78, 5) is 3.69. The molecule has 0 unspecified atom stereocenters. The van der Waals surface area contributed by atoms with Gasteiger partial charge in [-0.05, 0) is 43.5 Å². The highest BCUT2D eigenvalue weighted by atomic mass is 32.1. The van der Waals surface area contributed by atoms with E-state index in [1.165, 1.54) is 17.7 Å². The predicted octanol–water partition coefficient (Wildman–Crippen LogP) is 3.78. The Morgan fingerprint density at radius 1 is 1.30 bits per heavy atom. The summed E-state index contributed by atoms with van der Waals surface area (Å²) in [7, 11) is 1.86. The van der Waals surface area contributed by atoms with Crippen LogP contribution in [0.5, 0.6) is 0 Å². The lowest BCUT2D eigenvalue weighted by molar-refractivity contribution is 0.598. The Balaban J connectivity index is 1.93. The van der Waals surface area contributed by atoms with E-state index in [1.54, 1.807) is 17.4 Å². The van der Waals surface area contributed by atoms with Gasteiger partial charge in [0.2, 0.25) is 0 Å². The summed E-state index contributed by atoms with van der Waals surface area (Å²) in [6, 6.07) is 10.2. The molecular weight excluding hydrogens is 271 g/mol. The number of anilines is 1. The van der Waals surface area contributed by atoms with E-state index in [1.807, 2.05) is 19.2 Å². The van der Waals surface area contributed by atoms with Crippen LogP contribution >= 0.6 is 11.3 Å². The van der Waals surface area contributed by atoms with Crippen LogP contribution in [0.2, 0.25) is 0 Å². The van der Waals surface area contributed by atoms with Gasteiger partial charge in [-0.2, -0.15) is 0 Å². The summed E-state index contributed by atoms with van der Waals surface area (Å²) < 4.78 is 14.1. The minimum atomic E-state index is -0.117. The molecule has 1 fully saturated rings. The number of nitrogens with one attached hydrogen (secondary N) is 1. The maximum absolute atomic E-state index is 14.1. The molecule has 20 heavy (non-hydrogen) atoms. The number of hydrogen-bond donors (Lipinski definition) is 1. The first-order valence-electron chi connectivity index (χ1n) is 7.00. The van der Waals surface area contributed by atoms with Crippen molar-refractivity contribution in [3.05, 3.63) is 52.0 Å². The second kappa shape index (κ2) is 5.94. The Bertz CT molecular complexity index is 564. The third-order valence-corrected chi connectivity index (χ3v) is 4.51. The fraction of sp³-hybridized carbons (Fsp3) is 0.375. The van der Waals surface area contributed by atoms with E-state index in [9.17, 15) is 4.39 Å². The van der Waals surface area contributed by atoms with Crippen molar-refractivity contribution in [2.45, 2.75) is 32.0 Å². The molecule has 2 aromatic rings. The summed E-state index contributed by atoms with van der Waals surface area (Å²) in [5.41, 5.74) is 1.81. The number of rotatable bonds is 6. The van der Waals surface area contributed by atoms with Gasteiger partial charge in [-0.3, -0.25) is 0 Å². The Kier molecular flexibility index (Phi) is 4.03. The number of hydrogen-bond acceptors (Lipinski definition) is 3. The number of nitrogens with zero attached hydrogens (tertiary/aromatic N) is 1. The summed E-state index contributed by atoms with van der Waals surface area (Å²) in [6.07, 6.45) is 2.42. The Labute approximate surface area is 123 Å². The van der Waals surface area contributed by atoms with Gasteiger partial charge in [0, 0.05) is 28.7 Å². The molecule has 106 valence electrons. The molecule has 0 amide bonds. The highest BCUT2D eigenvalue weighted by molar-refractivity contribution is 7.09. The topological polar surface area (TPSA) is 15.3 Å². The molecule has 1 aromatic heterocycles. The van der Waals surface area contributed by atoms with Crippen molar-refractivity contribution in [3.8, 4) is 0 Å². The van der Waals surface area contributed by atoms with Gasteiger partial charge in [0.1, 0.15) is 5.82 Å². The highest BCUT2D eigenvalue weighted by Crippen LogP contribution is 2.36. The molecule has 0 radical (unpaired) electrons. The first kappa shape index (κ1) is 13.6. The van der Waals surface area contributed by atoms with E-state index in [0.29, 0.717) is 12.6 Å². The molecule has 3 rings (SSSR count). The second-order valence-corrected chi connectivity index (χ2v) is 6.24. The molecule has 1 N–H and O–H groups in total. The average Bonchev–Trinajstić information content (AvgIpc) is 3.16. The van der Waals surface area contributed by atoms with Crippen LogP contribution in [0, 0.1) is 5.82 Å². The van der Waals surface area contributed by atoms with Gasteiger partial charge in [0.05, 0.1) is 6.54 Å². The van der Waals surface area contributed by atoms with Crippen molar-refractivity contribution < 1.29 is 4.39 Å². The summed E-state index contributed by atoms with van der Waals surface area (Å²) in [6.45, 7) is 1.44. The maximum atomic E-state index is 14.1. The largest absolute Gasteiger partial charge is 0.363 e. The summed E-state index contributed by atoms with van der Waals surface area (Å²) >= 11 is 1.76. The minimum absolute atomic E-state index is 0.117. The molecule has 1 aromatic carbocycles. The highest BCUT2D eigenvalue weighted by Gasteiger charge is 2.31. The van der Waals surface area contributed by atoms with Gasteiger partial charge in [-0.15, -0.1) is 11.3 Å². The van der Waals surface area contributed by atoms with E-state index in [2.05, 4.69) is 27.7 Å². The summed E-state index contributed by atoms with van der Waals surface area (Å²) in [5, 5.41) is 5.17. The van der Waals surface area contributed by atoms with Crippen LogP contribution in [0.1, 0.15) is 23.3 Å². The number of halogens is 1. The van der Waals surface area contributed by atoms with E-state index in [4.69, 9.17) is 0 Å². The van der Waals surface area contributed by atoms with Gasteiger partial charge in [-0.25, -0.2) is 4.39 Å². The van der Waals surface area contributed by atoms with Gasteiger partial charge in [0.15, 0.2) is 0 Å². The SMILES string of the molecule is CNCc1c(F)cccc1N(Cc1cccs1)C1CC1. The number of thiophene rings is 1. The number of benzene rings is 1. The fourth-order valence-electron chi connectivity index (χ4n) is 2.54. The predicted molar refractivity (Wildman–Crippen MR) is 82.7 cm³/mol. The summed E-state index contributed by atoms with van der Waals surface area (Å²) in [5.74, 6) is -0.117. The van der Waals surface area contributed by atoms with Crippen molar-refractivity contribution in [1.82, 2.24) is 5.32 Å². The Hall–Kier alpha value is -1.39. The Morgan fingerprint density at radius 2 is 2.15 bits per heavy atom. The maximum Gasteiger partial charge on any atom is 0.129 e. The van der Waals surface area contributed by atoms with Gasteiger partial charge in [0.25, 0.3) is 0 Å². The molecule has 0 atom stereocenters. The molecule has 0 aliphatic heterocycles. The minimum Gasteiger partial charge on any atom is -0.363 e. The van der Waals surface area contributed by atoms with Crippen LogP contribution in [0.15, 0.2) is 35.7 Å². The van der Waals surface area contributed by atoms with Crippen LogP contribution in [0.3, 0.4) is 0 Å². The van der Waals surface area contributed by atoms with Crippen LogP contribution in [-0.2, 0) is 13.1 Å². The fourth-order valence-corrected chi connectivity index (χ4v) is 3.24. The lowest BCUT2D eigenvalue weighted by Crippen LogP contribution is -2.27. The van der Waals surface area contributed by atoms with E-state index in [-0.39, 0.29) is 5.82 Å². The van der Waals surface area contributed by atoms with E-state index in [0.717, 1.165) is 17.8 Å². The van der Waals surface area contributed by atoms with Gasteiger partial charge in [-0.1, -0.05) is 12.1 Å². The van der Waals surface area contributed by atoms with Gasteiger partial charge < -0.3 is 10.2 Å². The van der Waals surface area contributed by atoms with Crippen molar-refractivity contribution >= 4 is 17.0 Å². The normalized spacial score (nSPS) is 14.5. The first-order chi connectivity index (χ1) is 9.79. The zero-order valence-electron chi connectivity index (χ0n) is 11.6. The van der Waals surface area contributed by atoms with Crippen LogP contribution in [0.25, 0.3) is 0 Å². The molecular formula is C16H19FN2S. The smallest absolute Gasteiger partial charge is 0.129 e. The van der Waals surface area contributed by atoms with E-state index >= 15 is 0 Å². The third-order valence-electron chi connectivity index (χ3n) is 3.65. The Morgan fingerprint density at radius 3 is 2.80 bits per heavy atom. The van der Waals surface area contributed by atoms with Crippen molar-refractivity contribution in [1.29, 1.82) is 0 Å². The molecule has 0 spiro atoms. The third kappa shape index (κ3) is 2.86. The van der Waals surface area contributed by atoms with Gasteiger partial charge >= 0.3 is 0 Å². The van der Waals surface area contributed by atoms with Crippen molar-refractivity contribution in [3.63, 3.8) is 0 Å². The van der Waals surface area contributed by atoms with Crippen molar-refractivity contribution in [2.75, 3.05) is 11.9 Å². The van der Waals surface area contributed by atoms with Crippen LogP contribution in [-0.4, -0.2) is 13.1 Å². The second-order valence-electron chi connectivity index (χ2n) is 5.21. The zero-order valence-corrected chi connectivity index (χ0v) is 12.4. The molecule has 2 nitrogen and oxygen atoms in total. The molecule has 1 saturated carbocycles.